The van der Waals surface area contributed by atoms with Gasteiger partial charge in [0.2, 0.25) is 5.91 Å². The Hall–Kier alpha value is -3.27. The van der Waals surface area contributed by atoms with Gasteiger partial charge in [-0.3, -0.25) is 4.79 Å². The average Bonchev–Trinajstić information content (AvgIpc) is 3.35. The first kappa shape index (κ1) is 18.1. The minimum Gasteiger partial charge on any atom is -0.508 e. The number of amides is 1. The number of fused-ring (bicyclic) bond motifs is 1. The number of allylic oxidation sites excluding steroid dienone is 3. The van der Waals surface area contributed by atoms with E-state index in [1.807, 2.05) is 36.4 Å². The molecule has 0 aliphatic heterocycles. The summed E-state index contributed by atoms with van der Waals surface area (Å²) < 4.78 is 2.15. The van der Waals surface area contributed by atoms with E-state index in [0.29, 0.717) is 31.7 Å². The normalized spacial score (nSPS) is 13.1. The summed E-state index contributed by atoms with van der Waals surface area (Å²) in [5.41, 5.74) is 4.39. The van der Waals surface area contributed by atoms with Crippen molar-refractivity contribution in [3.8, 4) is 5.75 Å². The molecular formula is C24H24N2O2. The van der Waals surface area contributed by atoms with Crippen LogP contribution in [0.2, 0.25) is 0 Å². The summed E-state index contributed by atoms with van der Waals surface area (Å²) in [7, 11) is 0. The number of carbonyl (C=O) groups is 1. The Morgan fingerprint density at radius 3 is 2.71 bits per heavy atom. The van der Waals surface area contributed by atoms with Crippen LogP contribution in [0.15, 0.2) is 78.5 Å². The fourth-order valence-electron chi connectivity index (χ4n) is 3.65. The fourth-order valence-corrected chi connectivity index (χ4v) is 3.65. The number of carbonyl (C=O) groups excluding carboxylic acids is 1. The van der Waals surface area contributed by atoms with Crippen LogP contribution in [0.25, 0.3) is 10.9 Å². The van der Waals surface area contributed by atoms with Gasteiger partial charge in [0.1, 0.15) is 5.75 Å². The first-order chi connectivity index (χ1) is 13.7. The van der Waals surface area contributed by atoms with Gasteiger partial charge in [-0.2, -0.15) is 0 Å². The molecule has 1 aromatic heterocycles. The highest BCUT2D eigenvalue weighted by Gasteiger charge is 2.12. The average molecular weight is 372 g/mol. The number of hydrogen-bond donors (Lipinski definition) is 2. The molecular weight excluding hydrogens is 348 g/mol. The van der Waals surface area contributed by atoms with Gasteiger partial charge >= 0.3 is 0 Å². The van der Waals surface area contributed by atoms with E-state index in [4.69, 9.17) is 0 Å². The van der Waals surface area contributed by atoms with Crippen LogP contribution in [0, 0.1) is 0 Å². The monoisotopic (exact) mass is 372 g/mol. The summed E-state index contributed by atoms with van der Waals surface area (Å²) in [5.74, 6) is 0.377. The maximum atomic E-state index is 12.3. The maximum absolute atomic E-state index is 12.3. The topological polar surface area (TPSA) is 54.3 Å². The van der Waals surface area contributed by atoms with Gasteiger partial charge in [0.05, 0.1) is 6.54 Å². The second-order valence-corrected chi connectivity index (χ2v) is 7.16. The zero-order valence-corrected chi connectivity index (χ0v) is 15.8. The number of aryl methyl sites for hydroxylation is 1. The van der Waals surface area contributed by atoms with Crippen LogP contribution in [0.3, 0.4) is 0 Å². The quantitative estimate of drug-likeness (QED) is 0.649. The molecule has 142 valence electrons. The Labute approximate surface area is 164 Å². The number of phenols is 1. The van der Waals surface area contributed by atoms with Crippen molar-refractivity contribution in [1.82, 2.24) is 9.88 Å². The molecule has 2 aromatic carbocycles. The molecule has 4 rings (SSSR count). The predicted molar refractivity (Wildman–Crippen MR) is 112 cm³/mol. The van der Waals surface area contributed by atoms with E-state index in [-0.39, 0.29) is 5.91 Å². The number of benzene rings is 2. The van der Waals surface area contributed by atoms with Crippen molar-refractivity contribution in [2.75, 3.05) is 6.54 Å². The lowest BCUT2D eigenvalue weighted by Gasteiger charge is -2.07. The Kier molecular flexibility index (Phi) is 5.29. The molecule has 2 N–H and O–H groups in total. The molecule has 4 heteroatoms. The summed E-state index contributed by atoms with van der Waals surface area (Å²) in [5, 5.41) is 14.3. The zero-order valence-electron chi connectivity index (χ0n) is 15.8. The predicted octanol–water partition coefficient (Wildman–Crippen LogP) is 4.33. The van der Waals surface area contributed by atoms with Crippen molar-refractivity contribution >= 4 is 16.8 Å². The molecule has 1 heterocycles. The molecule has 28 heavy (non-hydrogen) atoms. The van der Waals surface area contributed by atoms with Crippen molar-refractivity contribution in [2.45, 2.75) is 25.8 Å². The van der Waals surface area contributed by atoms with Crippen LogP contribution in [0.1, 0.15) is 24.0 Å². The SMILES string of the molecule is O=C(CCc1cn(Cc2ccccc2O)c2ccccc12)NCC1=CC=CC1. The molecule has 0 radical (unpaired) electrons. The van der Waals surface area contributed by atoms with Gasteiger partial charge in [-0.15, -0.1) is 0 Å². The maximum Gasteiger partial charge on any atom is 0.220 e. The molecule has 4 nitrogen and oxygen atoms in total. The minimum absolute atomic E-state index is 0.0744. The number of phenolic OH excluding ortho intramolecular Hbond substituents is 1. The smallest absolute Gasteiger partial charge is 0.220 e. The van der Waals surface area contributed by atoms with Crippen LogP contribution < -0.4 is 5.32 Å². The van der Waals surface area contributed by atoms with Gasteiger partial charge in [0, 0.05) is 35.6 Å². The van der Waals surface area contributed by atoms with Crippen molar-refractivity contribution < 1.29 is 9.90 Å². The van der Waals surface area contributed by atoms with E-state index in [1.165, 1.54) is 5.57 Å². The molecule has 1 amide bonds. The van der Waals surface area contributed by atoms with Crippen molar-refractivity contribution in [3.05, 3.63) is 89.7 Å². The number of aromatic nitrogens is 1. The van der Waals surface area contributed by atoms with E-state index >= 15 is 0 Å². The molecule has 0 saturated heterocycles. The van der Waals surface area contributed by atoms with Crippen molar-refractivity contribution in [2.24, 2.45) is 0 Å². The second-order valence-electron chi connectivity index (χ2n) is 7.16. The van der Waals surface area contributed by atoms with E-state index < -0.39 is 0 Å². The van der Waals surface area contributed by atoms with Gasteiger partial charge in [-0.05, 0) is 36.1 Å². The molecule has 3 aromatic rings. The number of nitrogens with one attached hydrogen (secondary N) is 1. The molecule has 0 fully saturated rings. The first-order valence-corrected chi connectivity index (χ1v) is 9.65. The van der Waals surface area contributed by atoms with E-state index in [9.17, 15) is 9.90 Å². The van der Waals surface area contributed by atoms with Gasteiger partial charge in [-0.1, -0.05) is 54.6 Å². The van der Waals surface area contributed by atoms with Gasteiger partial charge in [-0.25, -0.2) is 0 Å². The fraction of sp³-hybridized carbons (Fsp3) is 0.208. The lowest BCUT2D eigenvalue weighted by Crippen LogP contribution is -2.25. The van der Waals surface area contributed by atoms with Crippen LogP contribution in [0.5, 0.6) is 5.75 Å². The highest BCUT2D eigenvalue weighted by Crippen LogP contribution is 2.25. The molecule has 0 spiro atoms. The molecule has 0 unspecified atom stereocenters. The number of rotatable bonds is 7. The second kappa shape index (κ2) is 8.17. The molecule has 1 aliphatic rings. The molecule has 0 atom stereocenters. The van der Waals surface area contributed by atoms with Crippen LogP contribution in [0.4, 0.5) is 0 Å². The van der Waals surface area contributed by atoms with Crippen LogP contribution in [-0.4, -0.2) is 22.1 Å². The molecule has 0 saturated carbocycles. The highest BCUT2D eigenvalue weighted by molar-refractivity contribution is 5.85. The summed E-state index contributed by atoms with van der Waals surface area (Å²) in [6.07, 6.45) is 10.4. The van der Waals surface area contributed by atoms with E-state index in [0.717, 1.165) is 28.5 Å². The number of para-hydroxylation sites is 2. The Bertz CT molecular complexity index is 1060. The van der Waals surface area contributed by atoms with Gasteiger partial charge < -0.3 is 15.0 Å². The molecule has 1 aliphatic carbocycles. The highest BCUT2D eigenvalue weighted by atomic mass is 16.3. The third kappa shape index (κ3) is 4.01. The van der Waals surface area contributed by atoms with Crippen LogP contribution in [-0.2, 0) is 17.8 Å². The van der Waals surface area contributed by atoms with E-state index in [2.05, 4.69) is 40.4 Å². The Balaban J connectivity index is 1.46. The Morgan fingerprint density at radius 2 is 1.89 bits per heavy atom. The first-order valence-electron chi connectivity index (χ1n) is 9.65. The van der Waals surface area contributed by atoms with Gasteiger partial charge in [0.25, 0.3) is 0 Å². The third-order valence-corrected chi connectivity index (χ3v) is 5.19. The minimum atomic E-state index is 0.0744. The van der Waals surface area contributed by atoms with Crippen LogP contribution >= 0.6 is 0 Å². The number of hydrogen-bond acceptors (Lipinski definition) is 2. The Morgan fingerprint density at radius 1 is 1.07 bits per heavy atom. The summed E-state index contributed by atoms with van der Waals surface area (Å²) >= 11 is 0. The largest absolute Gasteiger partial charge is 0.508 e. The third-order valence-electron chi connectivity index (χ3n) is 5.19. The molecule has 0 bridgehead atoms. The van der Waals surface area contributed by atoms with Crippen molar-refractivity contribution in [3.63, 3.8) is 0 Å². The lowest BCUT2D eigenvalue weighted by atomic mass is 10.1. The van der Waals surface area contributed by atoms with Crippen molar-refractivity contribution in [1.29, 1.82) is 0 Å². The number of nitrogens with zero attached hydrogens (tertiary/aromatic N) is 1. The summed E-state index contributed by atoms with van der Waals surface area (Å²) in [6, 6.07) is 15.6. The lowest BCUT2D eigenvalue weighted by molar-refractivity contribution is -0.120. The standard InChI is InChI=1S/C24H24N2O2/c27-23-12-6-3-9-20(23)17-26-16-19(21-10-4-5-11-22(21)26)13-14-24(28)25-15-18-7-1-2-8-18/h1-7,9-12,16,27H,8,13-15,17H2,(H,25,28). The van der Waals surface area contributed by atoms with E-state index in [1.54, 1.807) is 6.07 Å². The summed E-state index contributed by atoms with van der Waals surface area (Å²) in [4.78, 5) is 12.3. The zero-order chi connectivity index (χ0) is 19.3. The van der Waals surface area contributed by atoms with Gasteiger partial charge in [0.15, 0.2) is 0 Å². The number of aromatic hydroxyl groups is 1. The summed E-state index contributed by atoms with van der Waals surface area (Å²) in [6.45, 7) is 1.22.